The predicted octanol–water partition coefficient (Wildman–Crippen LogP) is 3.12. The minimum Gasteiger partial charge on any atom is -0.506 e. The molecule has 0 aliphatic carbocycles. The zero-order valence-electron chi connectivity index (χ0n) is 13.8. The van der Waals surface area contributed by atoms with Crippen LogP contribution in [0.15, 0.2) is 30.6 Å². The summed E-state index contributed by atoms with van der Waals surface area (Å²) in [6, 6.07) is 5.10. The monoisotopic (exact) mass is 347 g/mol. The van der Waals surface area contributed by atoms with Crippen LogP contribution in [0.5, 0.6) is 5.75 Å². The van der Waals surface area contributed by atoms with Gasteiger partial charge in [-0.05, 0) is 48.4 Å². The van der Waals surface area contributed by atoms with Crippen LogP contribution in [0.2, 0.25) is 5.02 Å². The van der Waals surface area contributed by atoms with Crippen molar-refractivity contribution in [1.29, 1.82) is 0 Å². The van der Waals surface area contributed by atoms with E-state index < -0.39 is 0 Å². The van der Waals surface area contributed by atoms with Gasteiger partial charge in [0.2, 0.25) is 5.91 Å². The van der Waals surface area contributed by atoms with Crippen LogP contribution in [0.1, 0.15) is 36.3 Å². The molecule has 1 aromatic heterocycles. The molecule has 1 saturated heterocycles. The SMILES string of the molecule is Cn1cc(C2CCN(C(=O)CCc3ccc(O)c(Cl)c3)CC2)cn1. The van der Waals surface area contributed by atoms with Gasteiger partial charge in [-0.2, -0.15) is 5.10 Å². The Kier molecular flexibility index (Phi) is 5.09. The van der Waals surface area contributed by atoms with E-state index in [1.54, 1.807) is 12.1 Å². The summed E-state index contributed by atoms with van der Waals surface area (Å²) >= 11 is 5.90. The fraction of sp³-hybridized carbons (Fsp3) is 0.444. The van der Waals surface area contributed by atoms with E-state index in [0.29, 0.717) is 23.8 Å². The van der Waals surface area contributed by atoms with E-state index in [4.69, 9.17) is 11.6 Å². The molecule has 1 aromatic carbocycles. The van der Waals surface area contributed by atoms with Gasteiger partial charge in [-0.1, -0.05) is 17.7 Å². The van der Waals surface area contributed by atoms with Crippen LogP contribution in [0.4, 0.5) is 0 Å². The van der Waals surface area contributed by atoms with Crippen molar-refractivity contribution in [2.45, 2.75) is 31.6 Å². The Morgan fingerprint density at radius 2 is 2.12 bits per heavy atom. The van der Waals surface area contributed by atoms with E-state index in [9.17, 15) is 9.90 Å². The molecule has 1 aliphatic rings. The molecule has 128 valence electrons. The van der Waals surface area contributed by atoms with Gasteiger partial charge in [-0.15, -0.1) is 0 Å². The number of aromatic hydroxyl groups is 1. The van der Waals surface area contributed by atoms with Crippen molar-refractivity contribution in [3.8, 4) is 5.75 Å². The van der Waals surface area contributed by atoms with Gasteiger partial charge < -0.3 is 10.0 Å². The summed E-state index contributed by atoms with van der Waals surface area (Å²) in [6.45, 7) is 1.60. The summed E-state index contributed by atoms with van der Waals surface area (Å²) in [6.07, 6.45) is 7.08. The Balaban J connectivity index is 1.49. The molecule has 3 rings (SSSR count). The molecule has 0 bridgehead atoms. The fourth-order valence-corrected chi connectivity index (χ4v) is 3.43. The topological polar surface area (TPSA) is 58.4 Å². The van der Waals surface area contributed by atoms with Crippen LogP contribution in [0.3, 0.4) is 0 Å². The van der Waals surface area contributed by atoms with Gasteiger partial charge in [0.05, 0.1) is 11.2 Å². The summed E-state index contributed by atoms with van der Waals surface area (Å²) < 4.78 is 1.83. The highest BCUT2D eigenvalue weighted by molar-refractivity contribution is 6.32. The Labute approximate surface area is 146 Å². The first-order chi connectivity index (χ1) is 11.5. The third kappa shape index (κ3) is 3.90. The molecule has 1 N–H and O–H groups in total. The maximum Gasteiger partial charge on any atom is 0.222 e. The molecule has 1 fully saturated rings. The number of nitrogens with zero attached hydrogens (tertiary/aromatic N) is 3. The minimum atomic E-state index is 0.0733. The lowest BCUT2D eigenvalue weighted by molar-refractivity contribution is -0.132. The number of phenols is 1. The van der Waals surface area contributed by atoms with E-state index in [0.717, 1.165) is 31.5 Å². The lowest BCUT2D eigenvalue weighted by Gasteiger charge is -2.31. The highest BCUT2D eigenvalue weighted by Gasteiger charge is 2.24. The van der Waals surface area contributed by atoms with E-state index in [1.807, 2.05) is 28.9 Å². The number of hydrogen-bond donors (Lipinski definition) is 1. The number of hydrogen-bond acceptors (Lipinski definition) is 3. The van der Waals surface area contributed by atoms with E-state index in [1.165, 1.54) is 5.56 Å². The summed E-state index contributed by atoms with van der Waals surface area (Å²) in [5.74, 6) is 0.756. The number of amides is 1. The number of rotatable bonds is 4. The first-order valence-electron chi connectivity index (χ1n) is 8.26. The van der Waals surface area contributed by atoms with Gasteiger partial charge in [0.15, 0.2) is 0 Å². The first kappa shape index (κ1) is 16.8. The van der Waals surface area contributed by atoms with Crippen molar-refractivity contribution in [2.24, 2.45) is 7.05 Å². The minimum absolute atomic E-state index is 0.0733. The second-order valence-corrected chi connectivity index (χ2v) is 6.80. The van der Waals surface area contributed by atoms with Crippen molar-refractivity contribution in [2.75, 3.05) is 13.1 Å². The van der Waals surface area contributed by atoms with E-state index in [-0.39, 0.29) is 11.7 Å². The Bertz CT molecular complexity index is 721. The molecule has 2 aromatic rings. The zero-order chi connectivity index (χ0) is 17.1. The molecule has 5 nitrogen and oxygen atoms in total. The van der Waals surface area contributed by atoms with Crippen molar-refractivity contribution in [3.63, 3.8) is 0 Å². The molecule has 1 amide bonds. The summed E-state index contributed by atoms with van der Waals surface area (Å²) in [4.78, 5) is 14.4. The molecule has 2 heterocycles. The van der Waals surface area contributed by atoms with Gasteiger partial charge >= 0.3 is 0 Å². The molecule has 6 heteroatoms. The maximum atomic E-state index is 12.4. The molecule has 0 unspecified atom stereocenters. The zero-order valence-corrected chi connectivity index (χ0v) is 14.5. The second kappa shape index (κ2) is 7.26. The molecule has 24 heavy (non-hydrogen) atoms. The van der Waals surface area contributed by atoms with Crippen LogP contribution < -0.4 is 0 Å². The number of carbonyl (C=O) groups is 1. The van der Waals surface area contributed by atoms with Gasteiger partial charge in [0.1, 0.15) is 5.75 Å². The van der Waals surface area contributed by atoms with E-state index in [2.05, 4.69) is 11.3 Å². The number of piperidine rings is 1. The average molecular weight is 348 g/mol. The molecule has 0 radical (unpaired) electrons. The van der Waals surface area contributed by atoms with Crippen molar-refractivity contribution >= 4 is 17.5 Å². The normalized spacial score (nSPS) is 15.7. The standard InChI is InChI=1S/C18H22ClN3O2/c1-21-12-15(11-20-21)14-6-8-22(9-7-14)18(24)5-3-13-2-4-17(23)16(19)10-13/h2,4,10-12,14,23H,3,5-9H2,1H3. The molecule has 0 spiro atoms. The largest absolute Gasteiger partial charge is 0.506 e. The van der Waals surface area contributed by atoms with Gasteiger partial charge in [-0.3, -0.25) is 9.48 Å². The smallest absolute Gasteiger partial charge is 0.222 e. The number of aromatic nitrogens is 2. The van der Waals surface area contributed by atoms with Crippen molar-refractivity contribution < 1.29 is 9.90 Å². The van der Waals surface area contributed by atoms with Gasteiger partial charge in [-0.25, -0.2) is 0 Å². The number of likely N-dealkylation sites (tertiary alicyclic amines) is 1. The highest BCUT2D eigenvalue weighted by Crippen LogP contribution is 2.28. The van der Waals surface area contributed by atoms with Crippen molar-refractivity contribution in [3.05, 3.63) is 46.7 Å². The number of aryl methyl sites for hydroxylation is 2. The molecule has 0 saturated carbocycles. The number of phenolic OH excluding ortho intramolecular Hbond substituents is 1. The lowest BCUT2D eigenvalue weighted by Crippen LogP contribution is -2.38. The second-order valence-electron chi connectivity index (χ2n) is 6.39. The molecular weight excluding hydrogens is 326 g/mol. The quantitative estimate of drug-likeness (QED) is 0.924. The number of benzene rings is 1. The van der Waals surface area contributed by atoms with Crippen molar-refractivity contribution in [1.82, 2.24) is 14.7 Å². The number of halogens is 1. The predicted molar refractivity (Wildman–Crippen MR) is 93.2 cm³/mol. The third-order valence-corrected chi connectivity index (χ3v) is 4.99. The van der Waals surface area contributed by atoms with Gasteiger partial charge in [0.25, 0.3) is 0 Å². The average Bonchev–Trinajstić information content (AvgIpc) is 3.02. The summed E-state index contributed by atoms with van der Waals surface area (Å²) in [7, 11) is 1.93. The van der Waals surface area contributed by atoms with Gasteiger partial charge in [0, 0.05) is 32.8 Å². The van der Waals surface area contributed by atoms with Crippen LogP contribution >= 0.6 is 11.6 Å². The van der Waals surface area contributed by atoms with Crippen LogP contribution in [-0.2, 0) is 18.3 Å². The lowest BCUT2D eigenvalue weighted by atomic mass is 9.91. The fourth-order valence-electron chi connectivity index (χ4n) is 3.23. The molecular formula is C18H22ClN3O2. The molecule has 0 atom stereocenters. The van der Waals surface area contributed by atoms with Crippen LogP contribution in [-0.4, -0.2) is 38.8 Å². The highest BCUT2D eigenvalue weighted by atomic mass is 35.5. The number of carbonyl (C=O) groups excluding carboxylic acids is 1. The summed E-state index contributed by atoms with van der Waals surface area (Å²) in [5.41, 5.74) is 2.24. The Morgan fingerprint density at radius 1 is 1.38 bits per heavy atom. The first-order valence-corrected chi connectivity index (χ1v) is 8.64. The van der Waals surface area contributed by atoms with Crippen LogP contribution in [0.25, 0.3) is 0 Å². The Hall–Kier alpha value is -2.01. The summed E-state index contributed by atoms with van der Waals surface area (Å²) in [5, 5.41) is 14.0. The Morgan fingerprint density at radius 3 is 2.75 bits per heavy atom. The maximum absolute atomic E-state index is 12.4. The molecule has 1 aliphatic heterocycles. The third-order valence-electron chi connectivity index (χ3n) is 4.68. The van der Waals surface area contributed by atoms with Crippen LogP contribution in [0, 0.1) is 0 Å². The van der Waals surface area contributed by atoms with E-state index >= 15 is 0 Å².